The number of halogens is 1. The lowest BCUT2D eigenvalue weighted by atomic mass is 9.92. The molecule has 0 unspecified atom stereocenters. The Morgan fingerprint density at radius 3 is 2.68 bits per heavy atom. The number of nitrogens with two attached hydrogens (primary N) is 1. The molecule has 5 atom stereocenters. The number of nitrogens with one attached hydrogen (secondary N) is 1. The molecule has 1 aliphatic carbocycles. The van der Waals surface area contributed by atoms with Gasteiger partial charge in [-0.25, -0.2) is 9.67 Å². The zero-order valence-corrected chi connectivity index (χ0v) is 15.8. The quantitative estimate of drug-likeness (QED) is 0.317. The Morgan fingerprint density at radius 1 is 1.29 bits per heavy atom. The standard InChI is InChI=1S/C18H21ClN6O3/c1-8-13-17(23-20)21-7-22-18(13)25(24-8)12-6-11(15(27)16(12)28)14(26)9-2-4-10(19)5-3-9/h2-5,7,11-12,14-16,26-28H,6,20H2,1H3,(H,21,22,23)/t11-,12-,14-,15-,16+/m1/s1. The summed E-state index contributed by atoms with van der Waals surface area (Å²) in [5.74, 6) is 4.85. The first-order valence-corrected chi connectivity index (χ1v) is 9.26. The van der Waals surface area contributed by atoms with E-state index in [-0.39, 0.29) is 0 Å². The average Bonchev–Trinajstić information content (AvgIpc) is 3.19. The Hall–Kier alpha value is -2.46. The van der Waals surface area contributed by atoms with Gasteiger partial charge in [0.15, 0.2) is 5.49 Å². The molecule has 148 valence electrons. The minimum Gasteiger partial charge on any atom is -0.390 e. The van der Waals surface area contributed by atoms with Gasteiger partial charge >= 0.3 is 0 Å². The van der Waals surface area contributed by atoms with E-state index in [2.05, 4.69) is 20.2 Å². The van der Waals surface area contributed by atoms with Crippen molar-refractivity contribution in [1.29, 1.82) is 0 Å². The molecule has 4 rings (SSSR count). The van der Waals surface area contributed by atoms with E-state index < -0.39 is 30.3 Å². The van der Waals surface area contributed by atoms with Crippen molar-refractivity contribution in [2.75, 3.05) is 0 Å². The van der Waals surface area contributed by atoms with E-state index in [9.17, 15) is 15.3 Å². The Balaban J connectivity index is 1.71. The van der Waals surface area contributed by atoms with Crippen molar-refractivity contribution >= 4 is 22.6 Å². The third-order valence-electron chi connectivity index (χ3n) is 5.45. The second-order valence-electron chi connectivity index (χ2n) is 7.05. The van der Waals surface area contributed by atoms with E-state index in [0.29, 0.717) is 39.2 Å². The van der Waals surface area contributed by atoms with Gasteiger partial charge in [0.25, 0.3) is 0 Å². The van der Waals surface area contributed by atoms with E-state index in [4.69, 9.17) is 17.4 Å². The molecule has 2 aromatic heterocycles. The SMILES string of the molecule is Cc1nn([C@@H]2C[C@H]([C@H](O)c3ccc(Cl)cc3)[C@@H](O)[C@H]2O)c2[nH]cn/c(=N/N)c12. The molecule has 0 amide bonds. The number of fused-ring (bicyclic) bond motifs is 1. The van der Waals surface area contributed by atoms with Gasteiger partial charge in [0.2, 0.25) is 0 Å². The molecule has 1 aliphatic rings. The van der Waals surface area contributed by atoms with Crippen LogP contribution in [-0.4, -0.2) is 47.3 Å². The minimum absolute atomic E-state index is 0.327. The first-order chi connectivity index (χ1) is 13.4. The highest BCUT2D eigenvalue weighted by atomic mass is 35.5. The number of nitrogens with zero attached hydrogens (tertiary/aromatic N) is 4. The molecule has 0 bridgehead atoms. The summed E-state index contributed by atoms with van der Waals surface area (Å²) >= 11 is 5.91. The van der Waals surface area contributed by atoms with Crippen LogP contribution in [0.1, 0.15) is 29.8 Å². The molecule has 1 aromatic carbocycles. The molecule has 0 radical (unpaired) electrons. The number of aromatic amines is 1. The summed E-state index contributed by atoms with van der Waals surface area (Å²) in [6.45, 7) is 1.79. The van der Waals surface area contributed by atoms with Crippen LogP contribution in [0.15, 0.2) is 35.7 Å². The van der Waals surface area contributed by atoms with Crippen LogP contribution in [-0.2, 0) is 0 Å². The zero-order valence-electron chi connectivity index (χ0n) is 15.1. The molecule has 0 saturated heterocycles. The summed E-state index contributed by atoms with van der Waals surface area (Å²) in [6, 6.07) is 6.24. The number of aliphatic hydroxyl groups excluding tert-OH is 3. The highest BCUT2D eigenvalue weighted by Crippen LogP contribution is 2.42. The van der Waals surface area contributed by atoms with Gasteiger partial charge in [-0.2, -0.15) is 10.2 Å². The first-order valence-electron chi connectivity index (χ1n) is 8.88. The van der Waals surface area contributed by atoms with Gasteiger partial charge < -0.3 is 26.1 Å². The lowest BCUT2D eigenvalue weighted by Crippen LogP contribution is -2.31. The number of H-pyrrole nitrogens is 1. The molecule has 3 aromatic rings. The fourth-order valence-corrected chi connectivity index (χ4v) is 4.14. The van der Waals surface area contributed by atoms with E-state index in [1.54, 1.807) is 35.9 Å². The Labute approximate surface area is 165 Å². The number of aliphatic hydroxyl groups is 3. The maximum absolute atomic E-state index is 10.8. The number of hydrogen-bond donors (Lipinski definition) is 5. The first kappa shape index (κ1) is 18.9. The van der Waals surface area contributed by atoms with Crippen molar-refractivity contribution in [3.8, 4) is 0 Å². The van der Waals surface area contributed by atoms with Crippen LogP contribution < -0.4 is 11.3 Å². The van der Waals surface area contributed by atoms with Gasteiger partial charge in [0, 0.05) is 10.9 Å². The normalized spacial score (nSPS) is 26.8. The second-order valence-corrected chi connectivity index (χ2v) is 7.49. The maximum Gasteiger partial charge on any atom is 0.185 e. The van der Waals surface area contributed by atoms with Crippen molar-refractivity contribution in [1.82, 2.24) is 19.7 Å². The Kier molecular flexibility index (Phi) is 4.84. The van der Waals surface area contributed by atoms with Gasteiger partial charge in [0.1, 0.15) is 11.8 Å². The predicted molar refractivity (Wildman–Crippen MR) is 102 cm³/mol. The number of benzene rings is 1. The molecule has 0 aliphatic heterocycles. The van der Waals surface area contributed by atoms with Crippen LogP contribution in [0.4, 0.5) is 0 Å². The molecular formula is C18H21ClN6O3. The third kappa shape index (κ3) is 2.96. The molecule has 10 heteroatoms. The summed E-state index contributed by atoms with van der Waals surface area (Å²) in [5.41, 5.74) is 2.20. The lowest BCUT2D eigenvalue weighted by molar-refractivity contribution is -0.0271. The largest absolute Gasteiger partial charge is 0.390 e. The van der Waals surface area contributed by atoms with Gasteiger partial charge in [-0.15, -0.1) is 0 Å². The van der Waals surface area contributed by atoms with Crippen LogP contribution in [0.25, 0.3) is 11.0 Å². The van der Waals surface area contributed by atoms with E-state index in [1.165, 1.54) is 6.33 Å². The molecule has 9 nitrogen and oxygen atoms in total. The predicted octanol–water partition coefficient (Wildman–Crippen LogP) is 0.512. The summed E-state index contributed by atoms with van der Waals surface area (Å²) in [4.78, 5) is 7.10. The van der Waals surface area contributed by atoms with E-state index >= 15 is 0 Å². The van der Waals surface area contributed by atoms with Crippen molar-refractivity contribution < 1.29 is 15.3 Å². The number of hydrogen-bond acceptors (Lipinski definition) is 7. The molecule has 1 fully saturated rings. The van der Waals surface area contributed by atoms with E-state index in [1.807, 2.05) is 0 Å². The molecular weight excluding hydrogens is 384 g/mol. The zero-order chi connectivity index (χ0) is 20.0. The minimum atomic E-state index is -1.12. The van der Waals surface area contributed by atoms with Gasteiger partial charge in [0.05, 0.1) is 35.7 Å². The Morgan fingerprint density at radius 2 is 2.00 bits per heavy atom. The molecule has 1 saturated carbocycles. The Bertz CT molecular complexity index is 1060. The summed E-state index contributed by atoms with van der Waals surface area (Å²) < 4.78 is 1.61. The van der Waals surface area contributed by atoms with Crippen molar-refractivity contribution in [2.45, 2.75) is 37.7 Å². The monoisotopic (exact) mass is 404 g/mol. The van der Waals surface area contributed by atoms with Crippen molar-refractivity contribution in [2.24, 2.45) is 16.9 Å². The maximum atomic E-state index is 10.8. The fourth-order valence-electron chi connectivity index (χ4n) is 4.02. The van der Waals surface area contributed by atoms with Gasteiger partial charge in [-0.1, -0.05) is 23.7 Å². The van der Waals surface area contributed by atoms with Crippen LogP contribution in [0.2, 0.25) is 5.02 Å². The lowest BCUT2D eigenvalue weighted by Gasteiger charge is -2.22. The average molecular weight is 405 g/mol. The molecule has 2 heterocycles. The third-order valence-corrected chi connectivity index (χ3v) is 5.70. The summed E-state index contributed by atoms with van der Waals surface area (Å²) in [5, 5.41) is 41.5. The fraction of sp³-hybridized carbons (Fsp3) is 0.389. The molecule has 28 heavy (non-hydrogen) atoms. The van der Waals surface area contributed by atoms with Crippen LogP contribution >= 0.6 is 11.6 Å². The summed E-state index contributed by atoms with van der Waals surface area (Å²) in [6.07, 6.45) is -1.39. The van der Waals surface area contributed by atoms with Gasteiger partial charge in [-0.3, -0.25) is 0 Å². The molecule has 6 N–H and O–H groups in total. The topological polar surface area (TPSA) is 146 Å². The highest BCUT2D eigenvalue weighted by Gasteiger charge is 2.46. The van der Waals surface area contributed by atoms with Gasteiger partial charge in [-0.05, 0) is 31.0 Å². The van der Waals surface area contributed by atoms with Crippen LogP contribution in [0.3, 0.4) is 0 Å². The number of aromatic nitrogens is 4. The van der Waals surface area contributed by atoms with Crippen molar-refractivity contribution in [3.63, 3.8) is 0 Å². The van der Waals surface area contributed by atoms with Crippen LogP contribution in [0, 0.1) is 12.8 Å². The van der Waals surface area contributed by atoms with Crippen molar-refractivity contribution in [3.05, 3.63) is 52.4 Å². The van der Waals surface area contributed by atoms with Crippen LogP contribution in [0.5, 0.6) is 0 Å². The van der Waals surface area contributed by atoms with E-state index in [0.717, 1.165) is 0 Å². The second kappa shape index (κ2) is 7.17. The molecule has 0 spiro atoms. The number of aryl methyl sites for hydroxylation is 1. The highest BCUT2D eigenvalue weighted by molar-refractivity contribution is 6.30. The smallest absolute Gasteiger partial charge is 0.185 e. The summed E-state index contributed by atoms with van der Waals surface area (Å²) in [7, 11) is 0. The number of rotatable bonds is 3.